The zero-order valence-corrected chi connectivity index (χ0v) is 13.4. The van der Waals surface area contributed by atoms with Crippen molar-refractivity contribution in [2.75, 3.05) is 10.5 Å². The van der Waals surface area contributed by atoms with Gasteiger partial charge in [0.25, 0.3) is 10.0 Å². The fraction of sp³-hybridized carbons (Fsp3) is 0.0714. The van der Waals surface area contributed by atoms with Gasteiger partial charge in [0.1, 0.15) is 10.0 Å². The van der Waals surface area contributed by atoms with Crippen LogP contribution in [0.25, 0.3) is 0 Å². The zero-order chi connectivity index (χ0) is 15.3. The molecule has 1 aromatic heterocycles. The van der Waals surface area contributed by atoms with E-state index in [0.717, 1.165) is 4.90 Å². The summed E-state index contributed by atoms with van der Waals surface area (Å²) in [6.45, 7) is 3.65. The number of thioether (sulfide) groups is 1. The number of sulfonamides is 1. The quantitative estimate of drug-likeness (QED) is 0.493. The first-order chi connectivity index (χ1) is 10.0. The van der Waals surface area contributed by atoms with Crippen LogP contribution >= 0.6 is 23.4 Å². The van der Waals surface area contributed by atoms with Crippen molar-refractivity contribution in [2.24, 2.45) is 0 Å². The largest absolute Gasteiger partial charge is 0.278 e. The number of nitrogens with one attached hydrogen (secondary N) is 1. The highest BCUT2D eigenvalue weighted by Crippen LogP contribution is 2.29. The van der Waals surface area contributed by atoms with Crippen LogP contribution in [0.1, 0.15) is 0 Å². The Morgan fingerprint density at radius 1 is 1.29 bits per heavy atom. The molecule has 21 heavy (non-hydrogen) atoms. The van der Waals surface area contributed by atoms with E-state index in [1.54, 1.807) is 18.2 Å². The molecule has 0 atom stereocenters. The summed E-state index contributed by atoms with van der Waals surface area (Å²) in [4.78, 5) is 4.56. The van der Waals surface area contributed by atoms with Crippen LogP contribution in [0.2, 0.25) is 5.15 Å². The van der Waals surface area contributed by atoms with Crippen LogP contribution in [-0.2, 0) is 10.0 Å². The van der Waals surface area contributed by atoms with Crippen molar-refractivity contribution in [1.82, 2.24) is 4.98 Å². The van der Waals surface area contributed by atoms with Gasteiger partial charge in [-0.25, -0.2) is 13.4 Å². The fourth-order valence-electron chi connectivity index (χ4n) is 1.60. The summed E-state index contributed by atoms with van der Waals surface area (Å²) in [5.74, 6) is 0.687. The van der Waals surface area contributed by atoms with Crippen molar-refractivity contribution in [3.05, 3.63) is 60.4 Å². The number of benzene rings is 1. The van der Waals surface area contributed by atoms with Gasteiger partial charge in [0.2, 0.25) is 0 Å². The molecule has 0 spiro atoms. The van der Waals surface area contributed by atoms with E-state index in [-0.39, 0.29) is 10.0 Å². The van der Waals surface area contributed by atoms with E-state index >= 15 is 0 Å². The molecule has 4 nitrogen and oxygen atoms in total. The Labute approximate surface area is 133 Å². The van der Waals surface area contributed by atoms with Gasteiger partial charge in [0.05, 0.1) is 5.69 Å². The Morgan fingerprint density at radius 2 is 2.05 bits per heavy atom. The molecular weight excluding hydrogens is 328 g/mol. The van der Waals surface area contributed by atoms with Crippen LogP contribution in [0.5, 0.6) is 0 Å². The molecule has 1 heterocycles. The molecule has 0 radical (unpaired) electrons. The van der Waals surface area contributed by atoms with E-state index in [9.17, 15) is 8.42 Å². The lowest BCUT2D eigenvalue weighted by atomic mass is 10.3. The molecule has 2 aromatic rings. The second-order valence-electron chi connectivity index (χ2n) is 3.99. The predicted octanol–water partition coefficient (Wildman–Crippen LogP) is 3.81. The average molecular weight is 341 g/mol. The minimum absolute atomic E-state index is 0.0461. The highest BCUT2D eigenvalue weighted by Gasteiger charge is 2.19. The van der Waals surface area contributed by atoms with Gasteiger partial charge in [-0.1, -0.05) is 29.8 Å². The number of aromatic nitrogens is 1. The maximum absolute atomic E-state index is 12.4. The van der Waals surface area contributed by atoms with E-state index in [0.29, 0.717) is 11.4 Å². The van der Waals surface area contributed by atoms with Gasteiger partial charge < -0.3 is 0 Å². The van der Waals surface area contributed by atoms with E-state index in [4.69, 9.17) is 11.6 Å². The Balaban J connectivity index is 2.33. The van der Waals surface area contributed by atoms with Crippen LogP contribution < -0.4 is 4.72 Å². The molecule has 0 aliphatic carbocycles. The molecule has 0 saturated heterocycles. The second-order valence-corrected chi connectivity index (χ2v) is 7.06. The number of hydrogen-bond donors (Lipinski definition) is 1. The number of hydrogen-bond acceptors (Lipinski definition) is 4. The van der Waals surface area contributed by atoms with Gasteiger partial charge >= 0.3 is 0 Å². The van der Waals surface area contributed by atoms with Gasteiger partial charge in [-0.05, 0) is 24.3 Å². The summed E-state index contributed by atoms with van der Waals surface area (Å²) in [7, 11) is -3.78. The van der Waals surface area contributed by atoms with Crippen LogP contribution in [-0.4, -0.2) is 19.2 Å². The summed E-state index contributed by atoms with van der Waals surface area (Å²) in [5, 5.41) is -0.0544. The van der Waals surface area contributed by atoms with Crippen molar-refractivity contribution < 1.29 is 8.42 Å². The van der Waals surface area contributed by atoms with E-state index in [1.807, 2.05) is 12.1 Å². The standard InChI is InChI=1S/C14H13ClN2O2S2/c1-2-10-20-12-7-4-3-6-11(12)17-21(18,19)13-8-5-9-16-14(13)15/h2-9,17H,1,10H2. The number of nitrogens with zero attached hydrogens (tertiary/aromatic N) is 1. The molecule has 0 saturated carbocycles. The summed E-state index contributed by atoms with van der Waals surface area (Å²) in [6, 6.07) is 10.1. The average Bonchev–Trinajstić information content (AvgIpc) is 2.46. The Hall–Kier alpha value is -1.50. The highest BCUT2D eigenvalue weighted by molar-refractivity contribution is 7.99. The maximum Gasteiger partial charge on any atom is 0.265 e. The topological polar surface area (TPSA) is 59.1 Å². The first-order valence-corrected chi connectivity index (χ1v) is 8.85. The molecular formula is C14H13ClN2O2S2. The monoisotopic (exact) mass is 340 g/mol. The van der Waals surface area contributed by atoms with Gasteiger partial charge in [0, 0.05) is 16.8 Å². The van der Waals surface area contributed by atoms with Crippen molar-refractivity contribution in [3.8, 4) is 0 Å². The number of pyridine rings is 1. The van der Waals surface area contributed by atoms with Crippen molar-refractivity contribution in [3.63, 3.8) is 0 Å². The first kappa shape index (κ1) is 15.9. The lowest BCUT2D eigenvalue weighted by Crippen LogP contribution is -2.14. The van der Waals surface area contributed by atoms with Crippen molar-refractivity contribution >= 4 is 39.1 Å². The summed E-state index contributed by atoms with van der Waals surface area (Å²) in [5.41, 5.74) is 0.504. The molecule has 0 bridgehead atoms. The van der Waals surface area contributed by atoms with E-state index < -0.39 is 10.0 Å². The van der Waals surface area contributed by atoms with Crippen LogP contribution in [0, 0.1) is 0 Å². The third kappa shape index (κ3) is 4.00. The molecule has 0 amide bonds. The lowest BCUT2D eigenvalue weighted by molar-refractivity contribution is 0.601. The van der Waals surface area contributed by atoms with Gasteiger partial charge in [0.15, 0.2) is 0 Å². The zero-order valence-electron chi connectivity index (χ0n) is 11.0. The third-order valence-electron chi connectivity index (χ3n) is 2.50. The Morgan fingerprint density at radius 3 is 2.76 bits per heavy atom. The first-order valence-electron chi connectivity index (χ1n) is 6.00. The van der Waals surface area contributed by atoms with Gasteiger partial charge in [-0.3, -0.25) is 4.72 Å². The molecule has 0 aliphatic rings. The van der Waals surface area contributed by atoms with Crippen LogP contribution in [0.4, 0.5) is 5.69 Å². The van der Waals surface area contributed by atoms with E-state index in [1.165, 1.54) is 30.1 Å². The summed E-state index contributed by atoms with van der Waals surface area (Å²) < 4.78 is 27.3. The number of anilines is 1. The van der Waals surface area contributed by atoms with Gasteiger partial charge in [-0.15, -0.1) is 18.3 Å². The number of para-hydroxylation sites is 1. The Bertz CT molecular complexity index is 748. The summed E-state index contributed by atoms with van der Waals surface area (Å²) in [6.07, 6.45) is 3.20. The summed E-state index contributed by atoms with van der Waals surface area (Å²) >= 11 is 7.34. The third-order valence-corrected chi connectivity index (χ3v) is 5.38. The normalized spacial score (nSPS) is 11.1. The number of halogens is 1. The highest BCUT2D eigenvalue weighted by atomic mass is 35.5. The van der Waals surface area contributed by atoms with Crippen LogP contribution in [0.3, 0.4) is 0 Å². The number of rotatable bonds is 6. The van der Waals surface area contributed by atoms with Crippen molar-refractivity contribution in [1.29, 1.82) is 0 Å². The maximum atomic E-state index is 12.4. The molecule has 0 fully saturated rings. The lowest BCUT2D eigenvalue weighted by Gasteiger charge is -2.12. The molecule has 7 heteroatoms. The predicted molar refractivity (Wildman–Crippen MR) is 87.4 cm³/mol. The molecule has 0 aliphatic heterocycles. The Kier molecular flexibility index (Phi) is 5.27. The molecule has 2 rings (SSSR count). The second kappa shape index (κ2) is 6.98. The molecule has 110 valence electrons. The smallest absolute Gasteiger partial charge is 0.265 e. The molecule has 1 aromatic carbocycles. The minimum Gasteiger partial charge on any atom is -0.278 e. The van der Waals surface area contributed by atoms with Crippen LogP contribution in [0.15, 0.2) is 65.0 Å². The minimum atomic E-state index is -3.78. The van der Waals surface area contributed by atoms with E-state index in [2.05, 4.69) is 16.3 Å². The van der Waals surface area contributed by atoms with Crippen molar-refractivity contribution in [2.45, 2.75) is 9.79 Å². The van der Waals surface area contributed by atoms with Gasteiger partial charge in [-0.2, -0.15) is 0 Å². The fourth-order valence-corrected chi connectivity index (χ4v) is 3.94. The molecule has 0 unspecified atom stereocenters. The molecule has 1 N–H and O–H groups in total. The SMILES string of the molecule is C=CCSc1ccccc1NS(=O)(=O)c1cccnc1Cl.